The minimum Gasteiger partial charge on any atom is -0.303 e. The predicted octanol–water partition coefficient (Wildman–Crippen LogP) is 2.32. The van der Waals surface area contributed by atoms with E-state index in [1.54, 1.807) is 12.1 Å². The van der Waals surface area contributed by atoms with Gasteiger partial charge in [-0.05, 0) is 30.8 Å². The highest BCUT2D eigenvalue weighted by atomic mass is 19.1. The normalized spacial score (nSPS) is 12.4. The molecule has 0 radical (unpaired) electrons. The van der Waals surface area contributed by atoms with E-state index in [0.29, 0.717) is 5.56 Å². The van der Waals surface area contributed by atoms with E-state index >= 15 is 0 Å². The Morgan fingerprint density at radius 1 is 1.39 bits per heavy atom. The third-order valence-electron chi connectivity index (χ3n) is 2.98. The first-order valence-electron chi connectivity index (χ1n) is 6.32. The summed E-state index contributed by atoms with van der Waals surface area (Å²) in [5.41, 5.74) is 0.678. The number of likely N-dealkylation sites (N-methyl/N-ethyl adjacent to an activating group) is 1. The van der Waals surface area contributed by atoms with Gasteiger partial charge in [0.05, 0.1) is 6.07 Å². The minimum absolute atomic E-state index is 0.307. The third-order valence-corrected chi connectivity index (χ3v) is 2.98. The van der Waals surface area contributed by atoms with Gasteiger partial charge in [-0.15, -0.1) is 0 Å². The van der Waals surface area contributed by atoms with Crippen LogP contribution in [0.15, 0.2) is 24.3 Å². The molecule has 0 amide bonds. The number of nitrogens with one attached hydrogen (secondary N) is 1. The molecular weight excluding hydrogens is 229 g/mol. The molecule has 1 unspecified atom stereocenters. The fraction of sp³-hybridized carbons (Fsp3) is 0.500. The lowest BCUT2D eigenvalue weighted by molar-refractivity contribution is 0.300. The number of nitriles is 1. The summed E-state index contributed by atoms with van der Waals surface area (Å²) in [6.45, 7) is 7.82. The van der Waals surface area contributed by atoms with E-state index in [2.05, 4.69) is 30.1 Å². The van der Waals surface area contributed by atoms with Crippen LogP contribution in [0.3, 0.4) is 0 Å². The fourth-order valence-corrected chi connectivity index (χ4v) is 1.83. The van der Waals surface area contributed by atoms with Gasteiger partial charge in [0, 0.05) is 13.1 Å². The lowest BCUT2D eigenvalue weighted by Gasteiger charge is -2.19. The molecule has 1 N–H and O–H groups in total. The standard InChI is InChI=1S/C14H20FN3/c1-3-18(4-2)9-8-17-14(11-16)12-6-5-7-13(15)10-12/h5-7,10,14,17H,3-4,8-9H2,1-2H3. The Balaban J connectivity index is 2.51. The monoisotopic (exact) mass is 249 g/mol. The van der Waals surface area contributed by atoms with Crippen molar-refractivity contribution in [3.05, 3.63) is 35.6 Å². The van der Waals surface area contributed by atoms with Crippen molar-refractivity contribution >= 4 is 0 Å². The third kappa shape index (κ3) is 4.44. The molecule has 1 aromatic rings. The van der Waals surface area contributed by atoms with Crippen molar-refractivity contribution in [2.75, 3.05) is 26.2 Å². The maximum atomic E-state index is 13.1. The van der Waals surface area contributed by atoms with Gasteiger partial charge in [-0.2, -0.15) is 5.26 Å². The van der Waals surface area contributed by atoms with Crippen molar-refractivity contribution in [1.82, 2.24) is 10.2 Å². The van der Waals surface area contributed by atoms with Crippen LogP contribution in [-0.4, -0.2) is 31.1 Å². The maximum absolute atomic E-state index is 13.1. The second-order valence-electron chi connectivity index (χ2n) is 4.10. The summed E-state index contributed by atoms with van der Waals surface area (Å²) in [4.78, 5) is 2.27. The van der Waals surface area contributed by atoms with E-state index in [4.69, 9.17) is 5.26 Å². The molecule has 1 atom stereocenters. The fourth-order valence-electron chi connectivity index (χ4n) is 1.83. The molecule has 0 heterocycles. The number of hydrogen-bond acceptors (Lipinski definition) is 3. The van der Waals surface area contributed by atoms with Crippen molar-refractivity contribution in [3.8, 4) is 6.07 Å². The molecule has 3 nitrogen and oxygen atoms in total. The molecule has 0 spiro atoms. The van der Waals surface area contributed by atoms with Crippen LogP contribution in [0.25, 0.3) is 0 Å². The molecule has 0 aliphatic heterocycles. The van der Waals surface area contributed by atoms with Gasteiger partial charge in [0.25, 0.3) is 0 Å². The van der Waals surface area contributed by atoms with E-state index in [9.17, 15) is 4.39 Å². The molecule has 1 rings (SSSR count). The van der Waals surface area contributed by atoms with E-state index in [1.165, 1.54) is 12.1 Å². The first-order chi connectivity index (χ1) is 8.71. The topological polar surface area (TPSA) is 39.1 Å². The Labute approximate surface area is 108 Å². The van der Waals surface area contributed by atoms with Crippen LogP contribution >= 0.6 is 0 Å². The molecule has 0 aliphatic carbocycles. The van der Waals surface area contributed by atoms with Gasteiger partial charge in [-0.3, -0.25) is 5.32 Å². The molecule has 0 saturated carbocycles. The molecule has 0 fully saturated rings. The summed E-state index contributed by atoms with van der Waals surface area (Å²) < 4.78 is 13.1. The summed E-state index contributed by atoms with van der Waals surface area (Å²) in [5.74, 6) is -0.307. The van der Waals surface area contributed by atoms with Gasteiger partial charge in [0.15, 0.2) is 0 Å². The summed E-state index contributed by atoms with van der Waals surface area (Å²) in [5, 5.41) is 12.2. The van der Waals surface area contributed by atoms with E-state index in [-0.39, 0.29) is 5.82 Å². The van der Waals surface area contributed by atoms with Crippen LogP contribution < -0.4 is 5.32 Å². The van der Waals surface area contributed by atoms with Crippen molar-refractivity contribution < 1.29 is 4.39 Å². The average molecular weight is 249 g/mol. The van der Waals surface area contributed by atoms with Crippen molar-refractivity contribution in [3.63, 3.8) is 0 Å². The summed E-state index contributed by atoms with van der Waals surface area (Å²) in [7, 11) is 0. The SMILES string of the molecule is CCN(CC)CCNC(C#N)c1cccc(F)c1. The highest BCUT2D eigenvalue weighted by molar-refractivity contribution is 5.24. The number of nitrogens with zero attached hydrogens (tertiary/aromatic N) is 2. The second kappa shape index (κ2) is 7.80. The van der Waals surface area contributed by atoms with Crippen molar-refractivity contribution in [2.45, 2.75) is 19.9 Å². The van der Waals surface area contributed by atoms with Gasteiger partial charge in [-0.25, -0.2) is 4.39 Å². The van der Waals surface area contributed by atoms with Crippen LogP contribution in [0.4, 0.5) is 4.39 Å². The molecule has 1 aromatic carbocycles. The number of hydrogen-bond donors (Lipinski definition) is 1. The van der Waals surface area contributed by atoms with Crippen LogP contribution in [0.5, 0.6) is 0 Å². The molecule has 18 heavy (non-hydrogen) atoms. The average Bonchev–Trinajstić information content (AvgIpc) is 2.39. The molecule has 0 aliphatic rings. The van der Waals surface area contributed by atoms with E-state index in [0.717, 1.165) is 26.2 Å². The zero-order valence-corrected chi connectivity index (χ0v) is 11.0. The lowest BCUT2D eigenvalue weighted by Crippen LogP contribution is -2.33. The van der Waals surface area contributed by atoms with Gasteiger partial charge in [-0.1, -0.05) is 26.0 Å². The Bertz CT molecular complexity index is 396. The molecule has 0 aromatic heterocycles. The summed E-state index contributed by atoms with van der Waals surface area (Å²) in [6.07, 6.45) is 0. The number of halogens is 1. The Hall–Kier alpha value is -1.44. The van der Waals surface area contributed by atoms with Gasteiger partial charge in [0.1, 0.15) is 11.9 Å². The summed E-state index contributed by atoms with van der Waals surface area (Å²) >= 11 is 0. The number of rotatable bonds is 7. The Morgan fingerprint density at radius 2 is 2.11 bits per heavy atom. The smallest absolute Gasteiger partial charge is 0.123 e. The second-order valence-corrected chi connectivity index (χ2v) is 4.10. The van der Waals surface area contributed by atoms with Crippen molar-refractivity contribution in [1.29, 1.82) is 5.26 Å². The quantitative estimate of drug-likeness (QED) is 0.806. The van der Waals surface area contributed by atoms with Crippen LogP contribution in [0.2, 0.25) is 0 Å². The largest absolute Gasteiger partial charge is 0.303 e. The lowest BCUT2D eigenvalue weighted by atomic mass is 10.1. The first kappa shape index (κ1) is 14.6. The molecule has 4 heteroatoms. The Morgan fingerprint density at radius 3 is 2.67 bits per heavy atom. The summed E-state index contributed by atoms with van der Waals surface area (Å²) in [6, 6.07) is 7.89. The maximum Gasteiger partial charge on any atom is 0.123 e. The molecule has 0 saturated heterocycles. The van der Waals surface area contributed by atoms with Crippen molar-refractivity contribution in [2.24, 2.45) is 0 Å². The zero-order chi connectivity index (χ0) is 13.4. The van der Waals surface area contributed by atoms with E-state index in [1.807, 2.05) is 0 Å². The number of benzene rings is 1. The van der Waals surface area contributed by atoms with Gasteiger partial charge >= 0.3 is 0 Å². The van der Waals surface area contributed by atoms with Crippen LogP contribution in [-0.2, 0) is 0 Å². The predicted molar refractivity (Wildman–Crippen MR) is 70.5 cm³/mol. The van der Waals surface area contributed by atoms with E-state index < -0.39 is 6.04 Å². The van der Waals surface area contributed by atoms with Gasteiger partial charge in [0.2, 0.25) is 0 Å². The molecule has 98 valence electrons. The highest BCUT2D eigenvalue weighted by Crippen LogP contribution is 2.12. The highest BCUT2D eigenvalue weighted by Gasteiger charge is 2.10. The Kier molecular flexibility index (Phi) is 6.34. The molecular formula is C14H20FN3. The zero-order valence-electron chi connectivity index (χ0n) is 11.0. The van der Waals surface area contributed by atoms with Crippen LogP contribution in [0.1, 0.15) is 25.5 Å². The van der Waals surface area contributed by atoms with Crippen LogP contribution in [0, 0.1) is 17.1 Å². The molecule has 0 bridgehead atoms. The van der Waals surface area contributed by atoms with Gasteiger partial charge < -0.3 is 4.90 Å². The minimum atomic E-state index is -0.448. The first-order valence-corrected chi connectivity index (χ1v) is 6.32.